The standard InChI is InChI=1S/C19H20N4O3/c1-12(2)17-21-22-18(26-17)16-11-23(7-8-25-16)19(24)15-10-20-9-13-5-3-4-6-14(13)15/h3-6,9-10,12,16H,7-8,11H2,1-2H3/t16-/m0/s1. The van der Waals surface area contributed by atoms with Gasteiger partial charge in [0.05, 0.1) is 18.7 Å². The number of nitrogens with zero attached hydrogens (tertiary/aromatic N) is 4. The highest BCUT2D eigenvalue weighted by Crippen LogP contribution is 2.25. The quantitative estimate of drug-likeness (QED) is 0.721. The summed E-state index contributed by atoms with van der Waals surface area (Å²) >= 11 is 0. The molecule has 1 amide bonds. The number of benzene rings is 1. The van der Waals surface area contributed by atoms with Gasteiger partial charge in [0.2, 0.25) is 11.8 Å². The minimum atomic E-state index is -0.407. The van der Waals surface area contributed by atoms with Crippen LogP contribution in [0.1, 0.15) is 48.0 Å². The van der Waals surface area contributed by atoms with E-state index >= 15 is 0 Å². The second-order valence-corrected chi connectivity index (χ2v) is 6.65. The van der Waals surface area contributed by atoms with Crippen LogP contribution in [0, 0.1) is 0 Å². The average Bonchev–Trinajstić information content (AvgIpc) is 3.18. The van der Waals surface area contributed by atoms with Crippen molar-refractivity contribution in [3.05, 3.63) is 54.0 Å². The lowest BCUT2D eigenvalue weighted by Crippen LogP contribution is -2.42. The van der Waals surface area contributed by atoms with E-state index < -0.39 is 6.10 Å². The second kappa shape index (κ2) is 6.84. The Balaban J connectivity index is 1.58. The number of morpholine rings is 1. The Morgan fingerprint density at radius 3 is 2.88 bits per heavy atom. The Bertz CT molecular complexity index is 932. The third kappa shape index (κ3) is 3.06. The van der Waals surface area contributed by atoms with Crippen LogP contribution in [0.4, 0.5) is 0 Å². The van der Waals surface area contributed by atoms with Gasteiger partial charge in [0, 0.05) is 30.2 Å². The SMILES string of the molecule is CC(C)c1nnc([C@@H]2CN(C(=O)c3cncc4ccccc34)CCO2)o1. The van der Waals surface area contributed by atoms with Crippen molar-refractivity contribution in [2.75, 3.05) is 19.7 Å². The third-order valence-corrected chi connectivity index (χ3v) is 4.48. The highest BCUT2D eigenvalue weighted by Gasteiger charge is 2.30. The highest BCUT2D eigenvalue weighted by molar-refractivity contribution is 6.06. The number of fused-ring (bicyclic) bond motifs is 1. The highest BCUT2D eigenvalue weighted by atomic mass is 16.5. The number of amides is 1. The Morgan fingerprint density at radius 1 is 1.23 bits per heavy atom. The monoisotopic (exact) mass is 352 g/mol. The van der Waals surface area contributed by atoms with Crippen LogP contribution in [0.15, 0.2) is 41.1 Å². The molecule has 1 fully saturated rings. The van der Waals surface area contributed by atoms with Gasteiger partial charge in [-0.15, -0.1) is 10.2 Å². The van der Waals surface area contributed by atoms with E-state index in [1.807, 2.05) is 38.1 Å². The van der Waals surface area contributed by atoms with Crippen molar-refractivity contribution in [2.45, 2.75) is 25.9 Å². The van der Waals surface area contributed by atoms with E-state index in [1.165, 1.54) is 0 Å². The largest absolute Gasteiger partial charge is 0.422 e. The third-order valence-electron chi connectivity index (χ3n) is 4.48. The van der Waals surface area contributed by atoms with Crippen LogP contribution >= 0.6 is 0 Å². The van der Waals surface area contributed by atoms with E-state index in [0.29, 0.717) is 37.0 Å². The lowest BCUT2D eigenvalue weighted by atomic mass is 10.1. The minimum absolute atomic E-state index is 0.0637. The minimum Gasteiger partial charge on any atom is -0.422 e. The molecule has 7 heteroatoms. The summed E-state index contributed by atoms with van der Waals surface area (Å²) in [6.45, 7) is 5.30. The van der Waals surface area contributed by atoms with Gasteiger partial charge in [-0.25, -0.2) is 0 Å². The number of rotatable bonds is 3. The van der Waals surface area contributed by atoms with Crippen molar-refractivity contribution in [3.8, 4) is 0 Å². The molecule has 0 bridgehead atoms. The van der Waals surface area contributed by atoms with Crippen LogP contribution in [-0.4, -0.2) is 45.7 Å². The summed E-state index contributed by atoms with van der Waals surface area (Å²) in [5.41, 5.74) is 0.595. The molecule has 7 nitrogen and oxygen atoms in total. The molecular weight excluding hydrogens is 332 g/mol. The molecule has 1 atom stereocenters. The molecule has 0 spiro atoms. The Kier molecular flexibility index (Phi) is 4.38. The van der Waals surface area contributed by atoms with Crippen LogP contribution < -0.4 is 0 Å². The summed E-state index contributed by atoms with van der Waals surface area (Å²) in [6.07, 6.45) is 2.98. The summed E-state index contributed by atoms with van der Waals surface area (Å²) < 4.78 is 11.4. The lowest BCUT2D eigenvalue weighted by Gasteiger charge is -2.31. The lowest BCUT2D eigenvalue weighted by molar-refractivity contribution is -0.0350. The van der Waals surface area contributed by atoms with Crippen LogP contribution in [0.3, 0.4) is 0 Å². The van der Waals surface area contributed by atoms with Gasteiger partial charge in [-0.1, -0.05) is 38.1 Å². The van der Waals surface area contributed by atoms with Gasteiger partial charge < -0.3 is 14.1 Å². The van der Waals surface area contributed by atoms with Crippen LogP contribution in [-0.2, 0) is 4.74 Å². The molecule has 4 rings (SSSR count). The fraction of sp³-hybridized carbons (Fsp3) is 0.368. The molecule has 2 aromatic heterocycles. The van der Waals surface area contributed by atoms with E-state index in [0.717, 1.165) is 10.8 Å². The maximum absolute atomic E-state index is 13.1. The molecule has 1 aromatic carbocycles. The van der Waals surface area contributed by atoms with Crippen molar-refractivity contribution in [2.24, 2.45) is 0 Å². The molecule has 1 saturated heterocycles. The Labute approximate surface area is 151 Å². The molecule has 1 aliphatic rings. The van der Waals surface area contributed by atoms with Crippen molar-refractivity contribution in [1.82, 2.24) is 20.1 Å². The average molecular weight is 352 g/mol. The zero-order chi connectivity index (χ0) is 18.1. The van der Waals surface area contributed by atoms with E-state index in [2.05, 4.69) is 15.2 Å². The smallest absolute Gasteiger partial charge is 0.256 e. The number of carbonyl (C=O) groups excluding carboxylic acids is 1. The molecule has 0 unspecified atom stereocenters. The van der Waals surface area contributed by atoms with Gasteiger partial charge in [0.25, 0.3) is 5.91 Å². The zero-order valence-electron chi connectivity index (χ0n) is 14.8. The fourth-order valence-electron chi connectivity index (χ4n) is 3.05. The molecule has 26 heavy (non-hydrogen) atoms. The van der Waals surface area contributed by atoms with Crippen molar-refractivity contribution < 1.29 is 13.9 Å². The van der Waals surface area contributed by atoms with Crippen LogP contribution in [0.25, 0.3) is 10.8 Å². The normalized spacial score (nSPS) is 17.8. The summed E-state index contributed by atoms with van der Waals surface area (Å²) in [6, 6.07) is 7.75. The number of ether oxygens (including phenoxy) is 1. The van der Waals surface area contributed by atoms with E-state index in [9.17, 15) is 4.79 Å². The fourth-order valence-corrected chi connectivity index (χ4v) is 3.05. The number of hydrogen-bond acceptors (Lipinski definition) is 6. The van der Waals surface area contributed by atoms with Gasteiger partial charge >= 0.3 is 0 Å². The maximum atomic E-state index is 13.1. The molecule has 0 N–H and O–H groups in total. The predicted molar refractivity (Wildman–Crippen MR) is 94.7 cm³/mol. The van der Waals surface area contributed by atoms with E-state index in [-0.39, 0.29) is 11.8 Å². The van der Waals surface area contributed by atoms with Gasteiger partial charge in [0.15, 0.2) is 6.10 Å². The molecule has 0 radical (unpaired) electrons. The van der Waals surface area contributed by atoms with Gasteiger partial charge in [0.1, 0.15) is 0 Å². The number of aromatic nitrogens is 3. The topological polar surface area (TPSA) is 81.4 Å². The number of pyridine rings is 1. The molecule has 0 saturated carbocycles. The zero-order valence-corrected chi connectivity index (χ0v) is 14.8. The summed E-state index contributed by atoms with van der Waals surface area (Å²) in [4.78, 5) is 19.0. The summed E-state index contributed by atoms with van der Waals surface area (Å²) in [7, 11) is 0. The number of hydrogen-bond donors (Lipinski definition) is 0. The predicted octanol–water partition coefficient (Wildman–Crippen LogP) is 2.95. The first-order chi connectivity index (χ1) is 12.6. The van der Waals surface area contributed by atoms with Crippen molar-refractivity contribution in [1.29, 1.82) is 0 Å². The van der Waals surface area contributed by atoms with Gasteiger partial charge in [-0.3, -0.25) is 9.78 Å². The molecule has 3 aromatic rings. The molecule has 0 aliphatic carbocycles. The van der Waals surface area contributed by atoms with Crippen LogP contribution in [0.5, 0.6) is 0 Å². The first kappa shape index (κ1) is 16.7. The van der Waals surface area contributed by atoms with Crippen molar-refractivity contribution in [3.63, 3.8) is 0 Å². The van der Waals surface area contributed by atoms with Crippen molar-refractivity contribution >= 4 is 16.7 Å². The molecule has 1 aliphatic heterocycles. The molecule has 134 valence electrons. The first-order valence-electron chi connectivity index (χ1n) is 8.70. The summed E-state index contributed by atoms with van der Waals surface area (Å²) in [5, 5.41) is 9.98. The van der Waals surface area contributed by atoms with E-state index in [1.54, 1.807) is 17.3 Å². The molecular formula is C19H20N4O3. The molecule has 3 heterocycles. The maximum Gasteiger partial charge on any atom is 0.256 e. The Hall–Kier alpha value is -2.80. The van der Waals surface area contributed by atoms with Gasteiger partial charge in [-0.2, -0.15) is 0 Å². The first-order valence-corrected chi connectivity index (χ1v) is 8.70. The van der Waals surface area contributed by atoms with E-state index in [4.69, 9.17) is 9.15 Å². The second-order valence-electron chi connectivity index (χ2n) is 6.65. The Morgan fingerprint density at radius 2 is 2.08 bits per heavy atom. The number of carbonyl (C=O) groups is 1. The van der Waals surface area contributed by atoms with Crippen LogP contribution in [0.2, 0.25) is 0 Å². The van der Waals surface area contributed by atoms with Gasteiger partial charge in [-0.05, 0) is 5.39 Å². The summed E-state index contributed by atoms with van der Waals surface area (Å²) in [5.74, 6) is 1.08.